The number of anilines is 3. The number of hydrogen-bond acceptors (Lipinski definition) is 4. The molecule has 0 atom stereocenters. The maximum Gasteiger partial charge on any atom is 0.134 e. The summed E-state index contributed by atoms with van der Waals surface area (Å²) in [4.78, 5) is 5.34. The molecule has 2 aromatic rings. The van der Waals surface area contributed by atoms with Crippen molar-refractivity contribution in [3.63, 3.8) is 0 Å². The Morgan fingerprint density at radius 3 is 2.82 bits per heavy atom. The molecule has 17 heavy (non-hydrogen) atoms. The van der Waals surface area contributed by atoms with Gasteiger partial charge in [-0.2, -0.15) is 0 Å². The van der Waals surface area contributed by atoms with Crippen LogP contribution in [0.4, 0.5) is 17.2 Å². The number of nitrogens with two attached hydrogens (primary N) is 1. The number of halogens is 1. The zero-order valence-corrected chi connectivity index (χ0v) is 10.8. The van der Waals surface area contributed by atoms with E-state index in [1.54, 1.807) is 23.9 Å². The van der Waals surface area contributed by atoms with Crippen molar-refractivity contribution in [2.75, 3.05) is 17.3 Å². The van der Waals surface area contributed by atoms with E-state index in [4.69, 9.17) is 17.3 Å². The highest BCUT2D eigenvalue weighted by atomic mass is 35.5. The summed E-state index contributed by atoms with van der Waals surface area (Å²) >= 11 is 7.53. The van der Waals surface area contributed by atoms with E-state index in [2.05, 4.69) is 16.4 Å². The summed E-state index contributed by atoms with van der Waals surface area (Å²) in [5.74, 6) is 0.647. The molecule has 0 radical (unpaired) electrons. The minimum Gasteiger partial charge on any atom is -0.399 e. The number of benzene rings is 1. The van der Waals surface area contributed by atoms with Gasteiger partial charge in [0.2, 0.25) is 0 Å². The molecule has 1 heterocycles. The van der Waals surface area contributed by atoms with Crippen LogP contribution < -0.4 is 11.1 Å². The molecule has 1 aromatic carbocycles. The lowest BCUT2D eigenvalue weighted by Gasteiger charge is -2.07. The Kier molecular flexibility index (Phi) is 3.76. The van der Waals surface area contributed by atoms with E-state index < -0.39 is 0 Å². The predicted molar refractivity (Wildman–Crippen MR) is 75.2 cm³/mol. The van der Waals surface area contributed by atoms with Crippen LogP contribution in [-0.4, -0.2) is 11.2 Å². The molecule has 0 amide bonds. The van der Waals surface area contributed by atoms with Crippen LogP contribution in [0.1, 0.15) is 0 Å². The topological polar surface area (TPSA) is 50.9 Å². The van der Waals surface area contributed by atoms with Crippen molar-refractivity contribution in [3.05, 3.63) is 41.6 Å². The number of hydrogen-bond donors (Lipinski definition) is 2. The summed E-state index contributed by atoms with van der Waals surface area (Å²) in [6.45, 7) is 0. The van der Waals surface area contributed by atoms with E-state index in [1.807, 2.05) is 24.5 Å². The summed E-state index contributed by atoms with van der Waals surface area (Å²) in [5, 5.41) is 3.55. The number of nitrogens with zero attached hydrogens (tertiary/aromatic N) is 1. The normalized spacial score (nSPS) is 10.2. The average molecular weight is 266 g/mol. The number of nitrogens with one attached hydrogen (secondary N) is 1. The maximum atomic E-state index is 5.84. The van der Waals surface area contributed by atoms with Crippen molar-refractivity contribution in [3.8, 4) is 0 Å². The van der Waals surface area contributed by atoms with Gasteiger partial charge in [-0.3, -0.25) is 0 Å². The minimum atomic E-state index is 0.383. The van der Waals surface area contributed by atoms with Crippen LogP contribution in [0.3, 0.4) is 0 Å². The number of aromatic nitrogens is 1. The van der Waals surface area contributed by atoms with Crippen molar-refractivity contribution in [1.82, 2.24) is 4.98 Å². The Balaban J connectivity index is 2.24. The van der Waals surface area contributed by atoms with Crippen molar-refractivity contribution >= 4 is 40.6 Å². The molecule has 5 heteroatoms. The summed E-state index contributed by atoms with van der Waals surface area (Å²) < 4.78 is 0. The van der Waals surface area contributed by atoms with Crippen molar-refractivity contribution in [2.45, 2.75) is 4.90 Å². The Hall–Kier alpha value is -1.39. The van der Waals surface area contributed by atoms with Gasteiger partial charge in [-0.1, -0.05) is 17.7 Å². The first-order chi connectivity index (χ1) is 8.17. The van der Waals surface area contributed by atoms with E-state index in [9.17, 15) is 0 Å². The molecule has 0 saturated carbocycles. The van der Waals surface area contributed by atoms with Gasteiger partial charge in [0.1, 0.15) is 11.0 Å². The van der Waals surface area contributed by atoms with E-state index in [-0.39, 0.29) is 0 Å². The zero-order valence-electron chi connectivity index (χ0n) is 9.27. The molecule has 2 rings (SSSR count). The van der Waals surface area contributed by atoms with Gasteiger partial charge >= 0.3 is 0 Å². The van der Waals surface area contributed by atoms with E-state index >= 15 is 0 Å². The molecular formula is C12H12ClN3S. The largest absolute Gasteiger partial charge is 0.399 e. The van der Waals surface area contributed by atoms with Crippen LogP contribution in [0.15, 0.2) is 41.3 Å². The fourth-order valence-electron chi connectivity index (χ4n) is 1.43. The number of pyridine rings is 1. The second-order valence-electron chi connectivity index (χ2n) is 3.47. The number of thioether (sulfide) groups is 1. The van der Waals surface area contributed by atoms with Gasteiger partial charge in [0.05, 0.1) is 0 Å². The van der Waals surface area contributed by atoms with Crippen LogP contribution in [0.2, 0.25) is 5.15 Å². The third-order valence-corrected chi connectivity index (χ3v) is 3.08. The molecule has 0 saturated heterocycles. The molecule has 1 aromatic heterocycles. The Bertz CT molecular complexity index is 511. The predicted octanol–water partition coefficient (Wildman–Crippen LogP) is 3.78. The van der Waals surface area contributed by atoms with Gasteiger partial charge < -0.3 is 11.1 Å². The third kappa shape index (κ3) is 3.28. The summed E-state index contributed by atoms with van der Waals surface area (Å²) in [7, 11) is 0. The smallest absolute Gasteiger partial charge is 0.134 e. The lowest BCUT2D eigenvalue weighted by molar-refractivity contribution is 1.30. The number of rotatable bonds is 3. The van der Waals surface area contributed by atoms with Gasteiger partial charge in [0, 0.05) is 22.3 Å². The molecule has 3 N–H and O–H groups in total. The molecule has 0 aliphatic carbocycles. The second kappa shape index (κ2) is 5.29. The van der Waals surface area contributed by atoms with Gasteiger partial charge in [0.25, 0.3) is 0 Å². The van der Waals surface area contributed by atoms with Gasteiger partial charge in [-0.15, -0.1) is 11.8 Å². The SMILES string of the molecule is CSc1cccc(Nc2cc(N)cc(Cl)n2)c1. The standard InChI is InChI=1S/C12H12ClN3S/c1-17-10-4-2-3-9(7-10)15-12-6-8(14)5-11(13)16-12/h2-7H,1H3,(H3,14,15,16). The first kappa shape index (κ1) is 12.1. The van der Waals surface area contributed by atoms with Crippen molar-refractivity contribution in [1.29, 1.82) is 0 Å². The summed E-state index contributed by atoms with van der Waals surface area (Å²) in [6, 6.07) is 11.4. The van der Waals surface area contributed by atoms with E-state index in [1.165, 1.54) is 4.90 Å². The van der Waals surface area contributed by atoms with Crippen LogP contribution in [0.25, 0.3) is 0 Å². The third-order valence-electron chi connectivity index (χ3n) is 2.16. The molecule has 0 unspecified atom stereocenters. The van der Waals surface area contributed by atoms with Crippen molar-refractivity contribution in [2.24, 2.45) is 0 Å². The molecular weight excluding hydrogens is 254 g/mol. The first-order valence-electron chi connectivity index (χ1n) is 5.01. The lowest BCUT2D eigenvalue weighted by atomic mass is 10.3. The monoisotopic (exact) mass is 265 g/mol. The van der Waals surface area contributed by atoms with Crippen LogP contribution in [-0.2, 0) is 0 Å². The molecule has 0 aliphatic heterocycles. The molecule has 0 bridgehead atoms. The highest BCUT2D eigenvalue weighted by Gasteiger charge is 2.00. The van der Waals surface area contributed by atoms with Gasteiger partial charge in [-0.05, 0) is 30.5 Å². The highest BCUT2D eigenvalue weighted by molar-refractivity contribution is 7.98. The number of nitrogen functional groups attached to an aromatic ring is 1. The van der Waals surface area contributed by atoms with Crippen LogP contribution >= 0.6 is 23.4 Å². The molecule has 88 valence electrons. The second-order valence-corrected chi connectivity index (χ2v) is 4.73. The minimum absolute atomic E-state index is 0.383. The van der Waals surface area contributed by atoms with E-state index in [0.29, 0.717) is 16.7 Å². The van der Waals surface area contributed by atoms with Crippen LogP contribution in [0, 0.1) is 0 Å². The summed E-state index contributed by atoms with van der Waals surface area (Å²) in [5.41, 5.74) is 7.26. The van der Waals surface area contributed by atoms with Gasteiger partial charge in [-0.25, -0.2) is 4.98 Å². The Labute approximate surface area is 109 Å². The maximum absolute atomic E-state index is 5.84. The van der Waals surface area contributed by atoms with E-state index in [0.717, 1.165) is 5.69 Å². The van der Waals surface area contributed by atoms with Gasteiger partial charge in [0.15, 0.2) is 0 Å². The fourth-order valence-corrected chi connectivity index (χ4v) is 2.11. The quantitative estimate of drug-likeness (QED) is 0.655. The molecule has 0 aliphatic rings. The summed E-state index contributed by atoms with van der Waals surface area (Å²) in [6.07, 6.45) is 2.04. The lowest BCUT2D eigenvalue weighted by Crippen LogP contribution is -1.96. The Morgan fingerprint density at radius 1 is 1.29 bits per heavy atom. The Morgan fingerprint density at radius 2 is 2.12 bits per heavy atom. The first-order valence-corrected chi connectivity index (χ1v) is 6.62. The highest BCUT2D eigenvalue weighted by Crippen LogP contribution is 2.23. The molecule has 3 nitrogen and oxygen atoms in total. The zero-order chi connectivity index (χ0) is 12.3. The fraction of sp³-hybridized carbons (Fsp3) is 0.0833. The van der Waals surface area contributed by atoms with Crippen molar-refractivity contribution < 1.29 is 0 Å². The average Bonchev–Trinajstić information content (AvgIpc) is 2.28. The molecule has 0 spiro atoms. The van der Waals surface area contributed by atoms with Crippen LogP contribution in [0.5, 0.6) is 0 Å². The molecule has 0 fully saturated rings.